The fourth-order valence-electron chi connectivity index (χ4n) is 5.89. The van der Waals surface area contributed by atoms with E-state index < -0.39 is 17.6 Å². The van der Waals surface area contributed by atoms with E-state index in [4.69, 9.17) is 4.98 Å². The van der Waals surface area contributed by atoms with Crippen molar-refractivity contribution >= 4 is 17.7 Å². The minimum atomic E-state index is -1.05. The summed E-state index contributed by atoms with van der Waals surface area (Å²) >= 11 is 0. The van der Waals surface area contributed by atoms with E-state index in [9.17, 15) is 19.5 Å². The highest BCUT2D eigenvalue weighted by atomic mass is 16.3. The molecule has 4 aliphatic heterocycles. The first-order chi connectivity index (χ1) is 16.9. The first-order valence-electron chi connectivity index (χ1n) is 12.5. The second kappa shape index (κ2) is 8.53. The number of hydrogen-bond acceptors (Lipinski definition) is 7. The molecule has 6 heterocycles. The number of aliphatic hydroxyl groups is 1. The van der Waals surface area contributed by atoms with E-state index in [-0.39, 0.29) is 24.8 Å². The van der Waals surface area contributed by atoms with E-state index in [1.807, 2.05) is 6.20 Å². The van der Waals surface area contributed by atoms with Crippen molar-refractivity contribution < 1.29 is 19.5 Å². The number of aromatic nitrogens is 3. The first-order valence-corrected chi connectivity index (χ1v) is 12.5. The number of fused-ring (bicyclic) bond motifs is 2. The highest BCUT2D eigenvalue weighted by Gasteiger charge is 2.41. The van der Waals surface area contributed by atoms with Crippen LogP contribution in [0.5, 0.6) is 0 Å². The van der Waals surface area contributed by atoms with Crippen LogP contribution in [0.15, 0.2) is 18.3 Å². The van der Waals surface area contributed by atoms with Crippen molar-refractivity contribution in [3.63, 3.8) is 0 Å². The minimum absolute atomic E-state index is 0.212. The predicted molar refractivity (Wildman–Crippen MR) is 124 cm³/mol. The number of imide groups is 1. The molecule has 2 saturated heterocycles. The molecule has 2 fully saturated rings. The van der Waals surface area contributed by atoms with E-state index >= 15 is 0 Å². The Morgan fingerprint density at radius 1 is 1.09 bits per heavy atom. The molecule has 3 amide bonds. The van der Waals surface area contributed by atoms with E-state index in [1.165, 1.54) is 29.0 Å². The van der Waals surface area contributed by atoms with Gasteiger partial charge < -0.3 is 10.0 Å². The largest absolute Gasteiger partial charge is 0.383 e. The summed E-state index contributed by atoms with van der Waals surface area (Å²) in [5.74, 6) is -0.995. The Balaban J connectivity index is 1.13. The van der Waals surface area contributed by atoms with Crippen LogP contribution >= 0.6 is 0 Å². The lowest BCUT2D eigenvalue weighted by Crippen LogP contribution is -2.52. The molecule has 0 bridgehead atoms. The number of aryl methyl sites for hydroxylation is 1. The monoisotopic (exact) mass is 478 g/mol. The Labute approximate surface area is 203 Å². The average molecular weight is 479 g/mol. The third-order valence-electron chi connectivity index (χ3n) is 7.99. The Morgan fingerprint density at radius 2 is 1.91 bits per heavy atom. The molecular weight excluding hydrogens is 448 g/mol. The van der Waals surface area contributed by atoms with Crippen LogP contribution in [0.25, 0.3) is 0 Å². The smallest absolute Gasteiger partial charge is 0.256 e. The molecule has 184 valence electrons. The van der Waals surface area contributed by atoms with Gasteiger partial charge in [-0.3, -0.25) is 34.3 Å². The summed E-state index contributed by atoms with van der Waals surface area (Å²) < 4.78 is 2.13. The molecule has 4 aliphatic rings. The maximum absolute atomic E-state index is 12.9. The summed E-state index contributed by atoms with van der Waals surface area (Å²) in [6.45, 7) is 3.56. The van der Waals surface area contributed by atoms with Gasteiger partial charge >= 0.3 is 0 Å². The van der Waals surface area contributed by atoms with Gasteiger partial charge in [0.15, 0.2) is 0 Å². The third kappa shape index (κ3) is 3.94. The average Bonchev–Trinajstić information content (AvgIpc) is 3.41. The molecule has 2 N–H and O–H groups in total. The summed E-state index contributed by atoms with van der Waals surface area (Å²) in [5, 5.41) is 18.3. The van der Waals surface area contributed by atoms with Crippen molar-refractivity contribution in [2.24, 2.45) is 0 Å². The zero-order valence-electron chi connectivity index (χ0n) is 19.7. The maximum atomic E-state index is 12.9. The molecule has 6 rings (SSSR count). The van der Waals surface area contributed by atoms with E-state index in [2.05, 4.69) is 20.0 Å². The maximum Gasteiger partial charge on any atom is 0.256 e. The molecule has 0 spiro atoms. The van der Waals surface area contributed by atoms with Gasteiger partial charge in [0.25, 0.3) is 5.91 Å². The molecule has 0 aromatic carbocycles. The van der Waals surface area contributed by atoms with Crippen molar-refractivity contribution in [1.29, 1.82) is 0 Å². The second-order valence-electron chi connectivity index (χ2n) is 10.2. The summed E-state index contributed by atoms with van der Waals surface area (Å²) in [6.07, 6.45) is 7.14. The number of carbonyl (C=O) groups excluding carboxylic acids is 3. The minimum Gasteiger partial charge on any atom is -0.383 e. The number of pyridine rings is 1. The number of carbonyl (C=O) groups is 3. The molecule has 1 atom stereocenters. The van der Waals surface area contributed by atoms with Crippen LogP contribution < -0.4 is 5.32 Å². The summed E-state index contributed by atoms with van der Waals surface area (Å²) in [7, 11) is 0. The van der Waals surface area contributed by atoms with Gasteiger partial charge in [0.2, 0.25) is 11.8 Å². The Hall–Kier alpha value is -3.11. The molecule has 1 unspecified atom stereocenters. The second-order valence-corrected chi connectivity index (χ2v) is 10.2. The van der Waals surface area contributed by atoms with E-state index in [0.29, 0.717) is 36.2 Å². The standard InChI is InChI=1S/C25H30N6O4/c32-22-7-5-20(23(33)28-22)30-15-18-17(24(30)34)4-6-21(27-18)25(35)8-11-29(12-9-25)14-16-13-26-31-10-2-1-3-19(16)31/h4,6,13,20,35H,1-3,5,7-12,14-15H2,(H,28,32,33). The topological polar surface area (TPSA) is 121 Å². The Bertz CT molecular complexity index is 1200. The van der Waals surface area contributed by atoms with Crippen LogP contribution in [0.2, 0.25) is 0 Å². The SMILES string of the molecule is O=C1CCC(N2Cc3nc(C4(O)CCN(Cc5cnn6c5CCCC6)CC4)ccc3C2=O)C(=O)N1. The van der Waals surface area contributed by atoms with Crippen LogP contribution in [-0.2, 0) is 41.2 Å². The number of amides is 3. The van der Waals surface area contributed by atoms with Gasteiger partial charge in [-0.2, -0.15) is 5.10 Å². The van der Waals surface area contributed by atoms with Gasteiger partial charge in [-0.05, 0) is 50.7 Å². The van der Waals surface area contributed by atoms with Crippen molar-refractivity contribution in [1.82, 2.24) is 29.9 Å². The third-order valence-corrected chi connectivity index (χ3v) is 7.99. The zero-order chi connectivity index (χ0) is 24.2. The van der Waals surface area contributed by atoms with Gasteiger partial charge in [-0.1, -0.05) is 0 Å². The summed E-state index contributed by atoms with van der Waals surface area (Å²) in [4.78, 5) is 45.2. The molecule has 35 heavy (non-hydrogen) atoms. The molecular formula is C25H30N6O4. The fourth-order valence-corrected chi connectivity index (χ4v) is 5.89. The quantitative estimate of drug-likeness (QED) is 0.625. The predicted octanol–water partition coefficient (Wildman–Crippen LogP) is 0.859. The van der Waals surface area contributed by atoms with Gasteiger partial charge in [-0.25, -0.2) is 0 Å². The molecule has 10 heteroatoms. The number of rotatable bonds is 4. The highest BCUT2D eigenvalue weighted by Crippen LogP contribution is 2.35. The van der Waals surface area contributed by atoms with Crippen LogP contribution in [0.1, 0.15) is 71.5 Å². The summed E-state index contributed by atoms with van der Waals surface area (Å²) in [6, 6.07) is 2.79. The van der Waals surface area contributed by atoms with Gasteiger partial charge in [0.1, 0.15) is 11.6 Å². The van der Waals surface area contributed by atoms with Crippen molar-refractivity contribution in [3.05, 3.63) is 46.5 Å². The highest BCUT2D eigenvalue weighted by molar-refractivity contribution is 6.05. The number of hydrogen-bond donors (Lipinski definition) is 2. The normalized spacial score (nSPS) is 24.3. The van der Waals surface area contributed by atoms with Crippen LogP contribution in [0.4, 0.5) is 0 Å². The van der Waals surface area contributed by atoms with Crippen molar-refractivity contribution in [2.45, 2.75) is 76.2 Å². The van der Waals surface area contributed by atoms with Crippen LogP contribution in [-0.4, -0.2) is 66.5 Å². The Kier molecular flexibility index (Phi) is 5.45. The molecule has 0 saturated carbocycles. The molecule has 2 aromatic rings. The summed E-state index contributed by atoms with van der Waals surface area (Å²) in [5.41, 5.74) is 3.22. The first kappa shape index (κ1) is 22.4. The van der Waals surface area contributed by atoms with Crippen molar-refractivity contribution in [2.75, 3.05) is 13.1 Å². The molecule has 0 radical (unpaired) electrons. The van der Waals surface area contributed by atoms with E-state index in [0.717, 1.165) is 32.6 Å². The molecule has 0 aliphatic carbocycles. The number of likely N-dealkylation sites (tertiary alicyclic amines) is 1. The lowest BCUT2D eigenvalue weighted by atomic mass is 9.87. The van der Waals surface area contributed by atoms with E-state index in [1.54, 1.807) is 12.1 Å². The van der Waals surface area contributed by atoms with Gasteiger partial charge in [0.05, 0.1) is 29.7 Å². The number of nitrogens with one attached hydrogen (secondary N) is 1. The van der Waals surface area contributed by atoms with Gasteiger partial charge in [-0.15, -0.1) is 0 Å². The zero-order valence-corrected chi connectivity index (χ0v) is 19.7. The van der Waals surface area contributed by atoms with Crippen LogP contribution in [0.3, 0.4) is 0 Å². The number of piperidine rings is 2. The van der Waals surface area contributed by atoms with Gasteiger partial charge in [0, 0.05) is 43.9 Å². The lowest BCUT2D eigenvalue weighted by Gasteiger charge is -2.38. The number of nitrogens with zero attached hydrogens (tertiary/aromatic N) is 5. The lowest BCUT2D eigenvalue weighted by molar-refractivity contribution is -0.136. The molecule has 10 nitrogen and oxygen atoms in total. The fraction of sp³-hybridized carbons (Fsp3) is 0.560. The van der Waals surface area contributed by atoms with Crippen LogP contribution in [0, 0.1) is 0 Å². The molecule has 2 aromatic heterocycles. The van der Waals surface area contributed by atoms with Crippen molar-refractivity contribution in [3.8, 4) is 0 Å². The Morgan fingerprint density at radius 3 is 2.71 bits per heavy atom.